The third-order valence-electron chi connectivity index (χ3n) is 6.55. The SMILES string of the molecule is C=CCC[C@H]1CC[C@H]([C@H]2CC[C@H](C(=O)Oc3ccc(F)c(Cl)c3)CC2)CC1. The molecule has 0 bridgehead atoms. The van der Waals surface area contributed by atoms with Gasteiger partial charge in [0.2, 0.25) is 0 Å². The third-order valence-corrected chi connectivity index (χ3v) is 6.84. The van der Waals surface area contributed by atoms with Gasteiger partial charge in [-0.2, -0.15) is 0 Å². The lowest BCUT2D eigenvalue weighted by molar-refractivity contribution is -0.140. The zero-order valence-corrected chi connectivity index (χ0v) is 16.7. The summed E-state index contributed by atoms with van der Waals surface area (Å²) in [6.07, 6.45) is 13.9. The van der Waals surface area contributed by atoms with Gasteiger partial charge in [-0.25, -0.2) is 4.39 Å². The van der Waals surface area contributed by atoms with E-state index in [0.717, 1.165) is 49.9 Å². The van der Waals surface area contributed by atoms with Crippen molar-refractivity contribution in [2.45, 2.75) is 64.2 Å². The molecule has 0 atom stereocenters. The van der Waals surface area contributed by atoms with Gasteiger partial charge in [0.25, 0.3) is 0 Å². The van der Waals surface area contributed by atoms with E-state index in [4.69, 9.17) is 16.3 Å². The van der Waals surface area contributed by atoms with Crippen LogP contribution in [0.2, 0.25) is 5.02 Å². The number of hydrogen-bond donors (Lipinski definition) is 0. The Labute approximate surface area is 167 Å². The van der Waals surface area contributed by atoms with Crippen molar-refractivity contribution >= 4 is 17.6 Å². The van der Waals surface area contributed by atoms with Crippen LogP contribution in [0.5, 0.6) is 5.75 Å². The van der Waals surface area contributed by atoms with E-state index in [1.165, 1.54) is 50.3 Å². The number of carbonyl (C=O) groups excluding carboxylic acids is 1. The Morgan fingerprint density at radius 1 is 1.11 bits per heavy atom. The molecule has 0 N–H and O–H groups in total. The molecule has 3 rings (SSSR count). The summed E-state index contributed by atoms with van der Waals surface area (Å²) in [7, 11) is 0. The first-order chi connectivity index (χ1) is 13.1. The Morgan fingerprint density at radius 2 is 1.74 bits per heavy atom. The molecular formula is C23H30ClFO2. The third kappa shape index (κ3) is 5.57. The maximum atomic E-state index is 13.2. The molecule has 0 saturated heterocycles. The zero-order chi connectivity index (χ0) is 19.2. The number of benzene rings is 1. The average Bonchev–Trinajstić information content (AvgIpc) is 2.70. The summed E-state index contributed by atoms with van der Waals surface area (Å²) in [5, 5.41) is -0.0206. The molecule has 148 valence electrons. The van der Waals surface area contributed by atoms with Crippen molar-refractivity contribution in [2.75, 3.05) is 0 Å². The summed E-state index contributed by atoms with van der Waals surface area (Å²) < 4.78 is 18.6. The minimum absolute atomic E-state index is 0.0206. The predicted octanol–water partition coefficient (Wildman–Crippen LogP) is 6.96. The minimum Gasteiger partial charge on any atom is -0.426 e. The summed E-state index contributed by atoms with van der Waals surface area (Å²) in [6.45, 7) is 3.83. The van der Waals surface area contributed by atoms with E-state index < -0.39 is 5.82 Å². The molecule has 2 nitrogen and oxygen atoms in total. The molecule has 2 aliphatic rings. The number of halogens is 2. The van der Waals surface area contributed by atoms with E-state index in [0.29, 0.717) is 5.75 Å². The van der Waals surface area contributed by atoms with Gasteiger partial charge in [-0.15, -0.1) is 6.58 Å². The number of ether oxygens (including phenoxy) is 1. The number of rotatable bonds is 6. The Morgan fingerprint density at radius 3 is 2.33 bits per heavy atom. The van der Waals surface area contributed by atoms with Crippen molar-refractivity contribution in [2.24, 2.45) is 23.7 Å². The van der Waals surface area contributed by atoms with Crippen molar-refractivity contribution < 1.29 is 13.9 Å². The number of carbonyl (C=O) groups is 1. The molecule has 0 unspecified atom stereocenters. The Bertz CT molecular complexity index is 644. The van der Waals surface area contributed by atoms with Gasteiger partial charge in [-0.05, 0) is 81.3 Å². The van der Waals surface area contributed by atoms with Crippen LogP contribution in [0.4, 0.5) is 4.39 Å². The maximum Gasteiger partial charge on any atom is 0.314 e. The highest BCUT2D eigenvalue weighted by molar-refractivity contribution is 6.30. The van der Waals surface area contributed by atoms with Gasteiger partial charge < -0.3 is 4.74 Å². The Balaban J connectivity index is 1.42. The number of esters is 1. The van der Waals surface area contributed by atoms with Crippen LogP contribution >= 0.6 is 11.6 Å². The van der Waals surface area contributed by atoms with Crippen molar-refractivity contribution in [1.29, 1.82) is 0 Å². The molecule has 0 aromatic heterocycles. The van der Waals surface area contributed by atoms with Gasteiger partial charge in [0.1, 0.15) is 11.6 Å². The molecule has 2 saturated carbocycles. The fourth-order valence-electron chi connectivity index (χ4n) is 4.87. The Kier molecular flexibility index (Phi) is 7.34. The second-order valence-electron chi connectivity index (χ2n) is 8.26. The smallest absolute Gasteiger partial charge is 0.314 e. The lowest BCUT2D eigenvalue weighted by Crippen LogP contribution is -2.30. The molecule has 4 heteroatoms. The van der Waals surface area contributed by atoms with Crippen LogP contribution < -0.4 is 4.74 Å². The maximum absolute atomic E-state index is 13.2. The van der Waals surface area contributed by atoms with Gasteiger partial charge in [-0.3, -0.25) is 4.79 Å². The summed E-state index contributed by atoms with van der Waals surface area (Å²) >= 11 is 5.76. The van der Waals surface area contributed by atoms with Gasteiger partial charge >= 0.3 is 5.97 Å². The highest BCUT2D eigenvalue weighted by atomic mass is 35.5. The average molecular weight is 393 g/mol. The molecular weight excluding hydrogens is 363 g/mol. The second kappa shape index (κ2) is 9.73. The highest BCUT2D eigenvalue weighted by Crippen LogP contribution is 2.42. The number of allylic oxidation sites excluding steroid dienone is 1. The fraction of sp³-hybridized carbons (Fsp3) is 0.609. The molecule has 0 amide bonds. The van der Waals surface area contributed by atoms with E-state index in [-0.39, 0.29) is 16.9 Å². The lowest BCUT2D eigenvalue weighted by Gasteiger charge is -2.37. The quantitative estimate of drug-likeness (QED) is 0.297. The van der Waals surface area contributed by atoms with Crippen LogP contribution in [-0.2, 0) is 4.79 Å². The van der Waals surface area contributed by atoms with E-state index >= 15 is 0 Å². The van der Waals surface area contributed by atoms with E-state index in [9.17, 15) is 9.18 Å². The van der Waals surface area contributed by atoms with Gasteiger partial charge in [0.15, 0.2) is 0 Å². The van der Waals surface area contributed by atoms with Crippen LogP contribution in [0, 0.1) is 29.5 Å². The molecule has 0 radical (unpaired) electrons. The standard InChI is InChI=1S/C23H30ClFO2/c1-2-3-4-16-5-7-17(8-6-16)18-9-11-19(12-10-18)23(26)27-20-13-14-22(25)21(24)15-20/h2,13-19H,1,3-12H2/t16-,17-,18-,19-. The second-order valence-corrected chi connectivity index (χ2v) is 8.66. The fourth-order valence-corrected chi connectivity index (χ4v) is 5.04. The molecule has 0 aliphatic heterocycles. The van der Waals surface area contributed by atoms with Crippen LogP contribution in [0.1, 0.15) is 64.2 Å². The first-order valence-electron chi connectivity index (χ1n) is 10.3. The monoisotopic (exact) mass is 392 g/mol. The summed E-state index contributed by atoms with van der Waals surface area (Å²) in [5.74, 6) is 2.04. The van der Waals surface area contributed by atoms with Crippen LogP contribution in [-0.4, -0.2) is 5.97 Å². The first kappa shape index (κ1) is 20.4. The minimum atomic E-state index is -0.504. The molecule has 0 heterocycles. The lowest BCUT2D eigenvalue weighted by atomic mass is 9.69. The molecule has 1 aromatic rings. The van der Waals surface area contributed by atoms with E-state index in [1.807, 2.05) is 6.08 Å². The normalized spacial score (nSPS) is 28.5. The van der Waals surface area contributed by atoms with Gasteiger partial charge in [0, 0.05) is 6.07 Å². The number of hydrogen-bond acceptors (Lipinski definition) is 2. The summed E-state index contributed by atoms with van der Waals surface area (Å²) in [6, 6.07) is 4.05. The zero-order valence-electron chi connectivity index (χ0n) is 16.0. The topological polar surface area (TPSA) is 26.3 Å². The summed E-state index contributed by atoms with van der Waals surface area (Å²) in [5.41, 5.74) is 0. The first-order valence-corrected chi connectivity index (χ1v) is 10.7. The van der Waals surface area contributed by atoms with Crippen molar-refractivity contribution in [3.63, 3.8) is 0 Å². The largest absolute Gasteiger partial charge is 0.426 e. The molecule has 1 aromatic carbocycles. The van der Waals surface area contributed by atoms with Crippen molar-refractivity contribution in [3.05, 3.63) is 41.7 Å². The van der Waals surface area contributed by atoms with E-state index in [1.54, 1.807) is 0 Å². The molecule has 0 spiro atoms. The summed E-state index contributed by atoms with van der Waals surface area (Å²) in [4.78, 5) is 12.4. The van der Waals surface area contributed by atoms with Crippen molar-refractivity contribution in [1.82, 2.24) is 0 Å². The van der Waals surface area contributed by atoms with E-state index in [2.05, 4.69) is 6.58 Å². The molecule has 27 heavy (non-hydrogen) atoms. The highest BCUT2D eigenvalue weighted by Gasteiger charge is 2.33. The van der Waals surface area contributed by atoms with Gasteiger partial charge in [-0.1, -0.05) is 30.5 Å². The molecule has 2 aliphatic carbocycles. The molecule has 2 fully saturated rings. The van der Waals surface area contributed by atoms with Crippen molar-refractivity contribution in [3.8, 4) is 5.75 Å². The van der Waals surface area contributed by atoms with Gasteiger partial charge in [0.05, 0.1) is 10.9 Å². The van der Waals surface area contributed by atoms with Crippen LogP contribution in [0.25, 0.3) is 0 Å². The predicted molar refractivity (Wildman–Crippen MR) is 107 cm³/mol. The van der Waals surface area contributed by atoms with Crippen LogP contribution in [0.15, 0.2) is 30.9 Å². The Hall–Kier alpha value is -1.35. The van der Waals surface area contributed by atoms with Crippen LogP contribution in [0.3, 0.4) is 0 Å².